The molecule has 2 aromatic heterocycles. The van der Waals surface area contributed by atoms with Crippen LogP contribution in [0.2, 0.25) is 0 Å². The average molecular weight is 288 g/mol. The highest BCUT2D eigenvalue weighted by Crippen LogP contribution is 2.25. The lowest BCUT2D eigenvalue weighted by molar-refractivity contribution is -0.0513. The molecular formula is C14H18N5O2. The first-order valence-corrected chi connectivity index (χ1v) is 6.92. The van der Waals surface area contributed by atoms with Gasteiger partial charge in [-0.3, -0.25) is 9.58 Å². The van der Waals surface area contributed by atoms with Crippen molar-refractivity contribution in [1.82, 2.24) is 24.6 Å². The predicted molar refractivity (Wildman–Crippen MR) is 74.6 cm³/mol. The van der Waals surface area contributed by atoms with Crippen LogP contribution in [0.25, 0.3) is 0 Å². The van der Waals surface area contributed by atoms with E-state index in [9.17, 15) is 0 Å². The molecule has 7 nitrogen and oxygen atoms in total. The predicted octanol–water partition coefficient (Wildman–Crippen LogP) is 0.729. The van der Waals surface area contributed by atoms with E-state index in [0.717, 1.165) is 24.3 Å². The molecule has 1 unspecified atom stereocenters. The Morgan fingerprint density at radius 3 is 2.62 bits per heavy atom. The van der Waals surface area contributed by atoms with E-state index >= 15 is 0 Å². The summed E-state index contributed by atoms with van der Waals surface area (Å²) < 4.78 is 13.2. The molecule has 0 aromatic carbocycles. The number of aromatic nitrogens is 4. The Balaban J connectivity index is 1.88. The second kappa shape index (κ2) is 6.19. The minimum atomic E-state index is -0.301. The molecule has 0 amide bonds. The topological polar surface area (TPSA) is 65.3 Å². The third-order valence-corrected chi connectivity index (χ3v) is 3.58. The van der Waals surface area contributed by atoms with E-state index in [1.807, 2.05) is 14.0 Å². The van der Waals surface area contributed by atoms with Gasteiger partial charge in [-0.1, -0.05) is 0 Å². The van der Waals surface area contributed by atoms with E-state index in [0.29, 0.717) is 19.2 Å². The van der Waals surface area contributed by atoms with Gasteiger partial charge in [0.2, 0.25) is 0 Å². The van der Waals surface area contributed by atoms with Crippen LogP contribution in [0, 0.1) is 13.1 Å². The molecule has 0 spiro atoms. The highest BCUT2D eigenvalue weighted by molar-refractivity contribution is 5.19. The fourth-order valence-electron chi connectivity index (χ4n) is 2.27. The van der Waals surface area contributed by atoms with Crippen LogP contribution in [0.3, 0.4) is 0 Å². The van der Waals surface area contributed by atoms with Gasteiger partial charge in [0.25, 0.3) is 0 Å². The monoisotopic (exact) mass is 288 g/mol. The molecule has 1 fully saturated rings. The standard InChI is InChI=1S/C14H18N5O2/c1-11-12(10-17-18(11)2)13(19-6-8-20-9-7-19)21-14-15-4-3-5-16-14/h3-5,13H,6-9H2,1-2H3. The van der Waals surface area contributed by atoms with Crippen molar-refractivity contribution in [3.63, 3.8) is 0 Å². The van der Waals surface area contributed by atoms with E-state index < -0.39 is 0 Å². The molecule has 3 heterocycles. The van der Waals surface area contributed by atoms with Crippen molar-refractivity contribution in [2.45, 2.75) is 13.2 Å². The number of aryl methyl sites for hydroxylation is 1. The summed E-state index contributed by atoms with van der Waals surface area (Å²) in [5, 5.41) is 4.19. The zero-order valence-corrected chi connectivity index (χ0v) is 12.2. The summed E-state index contributed by atoms with van der Waals surface area (Å²) in [5.74, 6) is 0. The third-order valence-electron chi connectivity index (χ3n) is 3.58. The van der Waals surface area contributed by atoms with Crippen LogP contribution in [0.4, 0.5) is 0 Å². The van der Waals surface area contributed by atoms with Gasteiger partial charge in [-0.05, 0) is 13.0 Å². The number of morpholine rings is 1. The Kier molecular flexibility index (Phi) is 4.12. The Labute approximate surface area is 123 Å². The molecule has 0 bridgehead atoms. The van der Waals surface area contributed by atoms with Gasteiger partial charge in [0, 0.05) is 38.2 Å². The van der Waals surface area contributed by atoms with Crippen LogP contribution in [0.1, 0.15) is 17.5 Å². The maximum atomic E-state index is 6.00. The lowest BCUT2D eigenvalue weighted by Gasteiger charge is -2.33. The highest BCUT2D eigenvalue weighted by Gasteiger charge is 2.28. The Hall–Kier alpha value is -1.99. The summed E-state index contributed by atoms with van der Waals surface area (Å²) in [6.07, 6.45) is 6.07. The molecule has 1 aliphatic heterocycles. The summed E-state index contributed by atoms with van der Waals surface area (Å²) in [5.41, 5.74) is 1.93. The number of hydrogen-bond donors (Lipinski definition) is 0. The Bertz CT molecular complexity index is 580. The minimum absolute atomic E-state index is 0.301. The molecule has 0 aliphatic carbocycles. The summed E-state index contributed by atoms with van der Waals surface area (Å²) in [7, 11) is 1.89. The van der Waals surface area contributed by atoms with Crippen LogP contribution >= 0.6 is 0 Å². The van der Waals surface area contributed by atoms with Crippen LogP contribution in [0.15, 0.2) is 18.5 Å². The van der Waals surface area contributed by atoms with E-state index in [2.05, 4.69) is 26.2 Å². The molecule has 0 saturated carbocycles. The van der Waals surface area contributed by atoms with Gasteiger partial charge in [0.15, 0.2) is 6.23 Å². The van der Waals surface area contributed by atoms with Gasteiger partial charge in [0.1, 0.15) is 6.20 Å². The van der Waals surface area contributed by atoms with E-state index in [1.54, 1.807) is 23.1 Å². The van der Waals surface area contributed by atoms with Crippen molar-refractivity contribution >= 4 is 0 Å². The normalized spacial score (nSPS) is 17.6. The second-order valence-corrected chi connectivity index (χ2v) is 4.88. The largest absolute Gasteiger partial charge is 0.440 e. The number of nitrogens with zero attached hydrogens (tertiary/aromatic N) is 5. The lowest BCUT2D eigenvalue weighted by Crippen LogP contribution is -2.41. The molecule has 3 rings (SSSR count). The van der Waals surface area contributed by atoms with Crippen molar-refractivity contribution in [3.05, 3.63) is 35.9 Å². The number of ether oxygens (including phenoxy) is 2. The zero-order chi connectivity index (χ0) is 14.7. The Morgan fingerprint density at radius 2 is 2.00 bits per heavy atom. The van der Waals surface area contributed by atoms with E-state index in [-0.39, 0.29) is 6.23 Å². The van der Waals surface area contributed by atoms with Crippen molar-refractivity contribution in [2.75, 3.05) is 26.3 Å². The fourth-order valence-corrected chi connectivity index (χ4v) is 2.27. The molecule has 0 N–H and O–H groups in total. The highest BCUT2D eigenvalue weighted by atomic mass is 16.5. The molecule has 21 heavy (non-hydrogen) atoms. The van der Waals surface area contributed by atoms with Gasteiger partial charge in [-0.15, -0.1) is 0 Å². The molecule has 1 saturated heterocycles. The third kappa shape index (κ3) is 3.03. The maximum Gasteiger partial charge on any atom is 0.318 e. The quantitative estimate of drug-likeness (QED) is 0.826. The zero-order valence-electron chi connectivity index (χ0n) is 12.2. The first-order valence-electron chi connectivity index (χ1n) is 6.92. The Morgan fingerprint density at radius 1 is 1.29 bits per heavy atom. The average Bonchev–Trinajstić information content (AvgIpc) is 2.87. The van der Waals surface area contributed by atoms with Crippen molar-refractivity contribution < 1.29 is 9.47 Å². The summed E-state index contributed by atoms with van der Waals surface area (Å²) >= 11 is 0. The fraction of sp³-hybridized carbons (Fsp3) is 0.500. The van der Waals surface area contributed by atoms with Crippen LogP contribution < -0.4 is 4.74 Å². The van der Waals surface area contributed by atoms with Crippen molar-refractivity contribution in [3.8, 4) is 6.01 Å². The van der Waals surface area contributed by atoms with Gasteiger partial charge >= 0.3 is 6.01 Å². The lowest BCUT2D eigenvalue weighted by atomic mass is 10.2. The van der Waals surface area contributed by atoms with Crippen LogP contribution in [-0.4, -0.2) is 51.0 Å². The van der Waals surface area contributed by atoms with Crippen molar-refractivity contribution in [1.29, 1.82) is 0 Å². The summed E-state index contributed by atoms with van der Waals surface area (Å²) in [6, 6.07) is 2.11. The van der Waals surface area contributed by atoms with Gasteiger partial charge in [0.05, 0.1) is 18.8 Å². The number of rotatable bonds is 4. The van der Waals surface area contributed by atoms with E-state index in [1.165, 1.54) is 0 Å². The van der Waals surface area contributed by atoms with Crippen LogP contribution in [-0.2, 0) is 11.8 Å². The van der Waals surface area contributed by atoms with Gasteiger partial charge < -0.3 is 9.47 Å². The SMILES string of the molecule is Cc1c(C(Oc2ncccn2)N2CCOCC2)[c]nn1C. The molecule has 2 aromatic rings. The van der Waals surface area contributed by atoms with Crippen LogP contribution in [0.5, 0.6) is 6.01 Å². The molecule has 111 valence electrons. The van der Waals surface area contributed by atoms with E-state index in [4.69, 9.17) is 9.47 Å². The molecular weight excluding hydrogens is 270 g/mol. The first kappa shape index (κ1) is 14.0. The summed E-state index contributed by atoms with van der Waals surface area (Å²) in [6.45, 7) is 4.96. The maximum absolute atomic E-state index is 6.00. The summed E-state index contributed by atoms with van der Waals surface area (Å²) in [4.78, 5) is 10.5. The van der Waals surface area contributed by atoms with Gasteiger partial charge in [-0.2, -0.15) is 5.10 Å². The number of hydrogen-bond acceptors (Lipinski definition) is 6. The van der Waals surface area contributed by atoms with Crippen molar-refractivity contribution in [2.24, 2.45) is 7.05 Å². The minimum Gasteiger partial charge on any atom is -0.440 e. The molecule has 1 radical (unpaired) electrons. The van der Waals surface area contributed by atoms with Gasteiger partial charge in [-0.25, -0.2) is 9.97 Å². The molecule has 1 atom stereocenters. The molecule has 7 heteroatoms. The molecule has 1 aliphatic rings. The first-order chi connectivity index (χ1) is 10.3. The smallest absolute Gasteiger partial charge is 0.318 e. The second-order valence-electron chi connectivity index (χ2n) is 4.88.